The van der Waals surface area contributed by atoms with Gasteiger partial charge in [0, 0.05) is 51.5 Å². The molecule has 0 aliphatic carbocycles. The molecule has 1 aliphatic rings. The van der Waals surface area contributed by atoms with E-state index >= 15 is 0 Å². The third kappa shape index (κ3) is 3.80. The van der Waals surface area contributed by atoms with Gasteiger partial charge in [0.1, 0.15) is 0 Å². The van der Waals surface area contributed by atoms with E-state index in [9.17, 15) is 0 Å². The van der Waals surface area contributed by atoms with Gasteiger partial charge in [-0.1, -0.05) is 11.6 Å². The van der Waals surface area contributed by atoms with Gasteiger partial charge in [-0.15, -0.1) is 0 Å². The number of hydrogen-bond acceptors (Lipinski definition) is 3. The number of nitrogens with zero attached hydrogens (tertiary/aromatic N) is 2. The number of piperidine rings is 1. The van der Waals surface area contributed by atoms with Crippen molar-refractivity contribution >= 4 is 45.6 Å². The van der Waals surface area contributed by atoms with Gasteiger partial charge in [-0.2, -0.15) is 0 Å². The summed E-state index contributed by atoms with van der Waals surface area (Å²) in [7, 11) is 0. The molecule has 110 valence electrons. The summed E-state index contributed by atoms with van der Waals surface area (Å²) >= 11 is 8.33. The predicted molar refractivity (Wildman–Crippen MR) is 97.3 cm³/mol. The van der Waals surface area contributed by atoms with Crippen LogP contribution in [0.15, 0.2) is 42.7 Å². The smallest absolute Gasteiger partial charge is 0.0479 e. The minimum absolute atomic E-state index is 0.526. The van der Waals surface area contributed by atoms with Crippen LogP contribution in [0, 0.1) is 3.57 Å². The van der Waals surface area contributed by atoms with Gasteiger partial charge in [-0.25, -0.2) is 0 Å². The Balaban J connectivity index is 1.59. The van der Waals surface area contributed by atoms with Gasteiger partial charge in [0.25, 0.3) is 0 Å². The summed E-state index contributed by atoms with van der Waals surface area (Å²) in [5.74, 6) is 0. The van der Waals surface area contributed by atoms with Crippen LogP contribution >= 0.6 is 34.2 Å². The molecule has 5 heteroatoms. The molecule has 1 aromatic heterocycles. The number of nitrogens with one attached hydrogen (secondary N) is 1. The van der Waals surface area contributed by atoms with Crippen LogP contribution in [0.1, 0.15) is 12.8 Å². The van der Waals surface area contributed by atoms with Crippen LogP contribution < -0.4 is 10.2 Å². The molecule has 21 heavy (non-hydrogen) atoms. The molecule has 0 atom stereocenters. The fourth-order valence-electron chi connectivity index (χ4n) is 2.66. The number of pyridine rings is 1. The van der Waals surface area contributed by atoms with E-state index in [1.807, 2.05) is 24.5 Å². The molecule has 0 saturated carbocycles. The first-order valence-electron chi connectivity index (χ1n) is 7.09. The van der Waals surface area contributed by atoms with Crippen molar-refractivity contribution in [3.05, 3.63) is 51.3 Å². The highest BCUT2D eigenvalue weighted by atomic mass is 127. The average Bonchev–Trinajstić information content (AvgIpc) is 2.52. The zero-order valence-corrected chi connectivity index (χ0v) is 14.5. The lowest BCUT2D eigenvalue weighted by Crippen LogP contribution is -2.39. The van der Waals surface area contributed by atoms with E-state index in [1.54, 1.807) is 0 Å². The highest BCUT2D eigenvalue weighted by Crippen LogP contribution is 2.26. The molecular formula is C16H17ClIN3. The molecule has 0 radical (unpaired) electrons. The summed E-state index contributed by atoms with van der Waals surface area (Å²) in [5.41, 5.74) is 2.45. The highest BCUT2D eigenvalue weighted by Gasteiger charge is 2.19. The fraction of sp³-hybridized carbons (Fsp3) is 0.312. The second-order valence-electron chi connectivity index (χ2n) is 5.24. The maximum Gasteiger partial charge on any atom is 0.0479 e. The summed E-state index contributed by atoms with van der Waals surface area (Å²) in [5, 5.41) is 4.43. The fourth-order valence-corrected chi connectivity index (χ4v) is 3.69. The van der Waals surface area contributed by atoms with Crippen molar-refractivity contribution in [1.29, 1.82) is 0 Å². The maximum absolute atomic E-state index is 6.00. The first kappa shape index (κ1) is 14.9. The topological polar surface area (TPSA) is 28.2 Å². The van der Waals surface area contributed by atoms with Crippen molar-refractivity contribution in [1.82, 2.24) is 4.98 Å². The zero-order chi connectivity index (χ0) is 14.7. The molecule has 0 bridgehead atoms. The van der Waals surface area contributed by atoms with Crippen molar-refractivity contribution in [2.75, 3.05) is 23.3 Å². The minimum atomic E-state index is 0.526. The molecule has 1 saturated heterocycles. The molecule has 3 rings (SSSR count). The van der Waals surface area contributed by atoms with E-state index in [1.165, 1.54) is 14.9 Å². The van der Waals surface area contributed by atoms with Crippen molar-refractivity contribution in [3.63, 3.8) is 0 Å². The Morgan fingerprint density at radius 2 is 1.86 bits per heavy atom. The van der Waals surface area contributed by atoms with E-state index < -0.39 is 0 Å². The van der Waals surface area contributed by atoms with Gasteiger partial charge in [-0.3, -0.25) is 4.98 Å². The van der Waals surface area contributed by atoms with Crippen LogP contribution in [0.3, 0.4) is 0 Å². The average molecular weight is 414 g/mol. The van der Waals surface area contributed by atoms with Crippen LogP contribution in [-0.2, 0) is 0 Å². The normalized spacial score (nSPS) is 16.0. The molecule has 1 N–H and O–H groups in total. The first-order chi connectivity index (χ1) is 10.2. The van der Waals surface area contributed by atoms with Crippen molar-refractivity contribution < 1.29 is 0 Å². The van der Waals surface area contributed by atoms with E-state index in [2.05, 4.69) is 56.0 Å². The molecule has 0 amide bonds. The number of aromatic nitrogens is 1. The third-order valence-electron chi connectivity index (χ3n) is 3.81. The summed E-state index contributed by atoms with van der Waals surface area (Å²) < 4.78 is 1.18. The molecule has 1 aromatic carbocycles. The molecule has 1 aliphatic heterocycles. The van der Waals surface area contributed by atoms with Crippen molar-refractivity contribution in [2.45, 2.75) is 18.9 Å². The van der Waals surface area contributed by atoms with Crippen LogP contribution in [0.4, 0.5) is 11.4 Å². The first-order valence-corrected chi connectivity index (χ1v) is 8.54. The number of halogens is 2. The van der Waals surface area contributed by atoms with Crippen LogP contribution in [0.2, 0.25) is 5.02 Å². The lowest BCUT2D eigenvalue weighted by molar-refractivity contribution is 0.526. The van der Waals surface area contributed by atoms with E-state index in [0.29, 0.717) is 6.04 Å². The Morgan fingerprint density at radius 1 is 1.14 bits per heavy atom. The Morgan fingerprint density at radius 3 is 2.52 bits per heavy atom. The monoisotopic (exact) mass is 413 g/mol. The quantitative estimate of drug-likeness (QED) is 0.755. The molecule has 2 aromatic rings. The van der Waals surface area contributed by atoms with Crippen molar-refractivity contribution in [2.24, 2.45) is 0 Å². The molecule has 1 fully saturated rings. The SMILES string of the molecule is Clc1ccc(NC2CCN(c3ccncc3)CC2)c(I)c1. The van der Waals surface area contributed by atoms with E-state index in [-0.39, 0.29) is 0 Å². The van der Waals surface area contributed by atoms with Gasteiger partial charge in [0.2, 0.25) is 0 Å². The van der Waals surface area contributed by atoms with Gasteiger partial charge in [0.15, 0.2) is 0 Å². The number of rotatable bonds is 3. The summed E-state index contributed by atoms with van der Waals surface area (Å²) in [6, 6.07) is 10.7. The van der Waals surface area contributed by atoms with Crippen molar-refractivity contribution in [3.8, 4) is 0 Å². The Kier molecular flexibility index (Phi) is 4.85. The number of hydrogen-bond donors (Lipinski definition) is 1. The predicted octanol–water partition coefficient (Wildman–Crippen LogP) is 4.42. The van der Waals surface area contributed by atoms with Crippen LogP contribution in [0.5, 0.6) is 0 Å². The minimum Gasteiger partial charge on any atom is -0.381 e. The lowest BCUT2D eigenvalue weighted by atomic mass is 10.0. The standard InChI is InChI=1S/C16H17ClIN3/c17-12-1-2-16(15(18)11-12)20-13-5-9-21(10-6-13)14-3-7-19-8-4-14/h1-4,7-8,11,13,20H,5-6,9-10H2. The van der Waals surface area contributed by atoms with Gasteiger partial charge in [0.05, 0.1) is 0 Å². The number of anilines is 2. The van der Waals surface area contributed by atoms with Gasteiger partial charge >= 0.3 is 0 Å². The largest absolute Gasteiger partial charge is 0.381 e. The number of benzene rings is 1. The van der Waals surface area contributed by atoms with Gasteiger partial charge in [-0.05, 0) is 65.8 Å². The Bertz CT molecular complexity index is 598. The van der Waals surface area contributed by atoms with E-state index in [4.69, 9.17) is 11.6 Å². The Hall–Kier alpha value is -1.01. The third-order valence-corrected chi connectivity index (χ3v) is 4.94. The summed E-state index contributed by atoms with van der Waals surface area (Å²) in [4.78, 5) is 6.50. The molecular weight excluding hydrogens is 397 g/mol. The second kappa shape index (κ2) is 6.83. The van der Waals surface area contributed by atoms with Crippen LogP contribution in [0.25, 0.3) is 0 Å². The molecule has 3 nitrogen and oxygen atoms in total. The lowest BCUT2D eigenvalue weighted by Gasteiger charge is -2.34. The van der Waals surface area contributed by atoms with E-state index in [0.717, 1.165) is 31.0 Å². The zero-order valence-electron chi connectivity index (χ0n) is 11.6. The molecule has 2 heterocycles. The van der Waals surface area contributed by atoms with Crippen LogP contribution in [-0.4, -0.2) is 24.1 Å². The second-order valence-corrected chi connectivity index (χ2v) is 6.83. The molecule has 0 unspecified atom stereocenters. The highest BCUT2D eigenvalue weighted by molar-refractivity contribution is 14.1. The maximum atomic E-state index is 6.00. The molecule has 0 spiro atoms. The summed E-state index contributed by atoms with van der Waals surface area (Å²) in [6.45, 7) is 2.15. The Labute approximate surface area is 143 Å². The summed E-state index contributed by atoms with van der Waals surface area (Å²) in [6.07, 6.45) is 5.99. The van der Waals surface area contributed by atoms with Gasteiger partial charge < -0.3 is 10.2 Å².